The number of aliphatic imine (C=N–C) groups is 2. The maximum atomic E-state index is 13.3. The van der Waals surface area contributed by atoms with Crippen molar-refractivity contribution in [2.24, 2.45) is 15.9 Å². The summed E-state index contributed by atoms with van der Waals surface area (Å²) in [5.41, 5.74) is 4.68. The summed E-state index contributed by atoms with van der Waals surface area (Å²) in [6.45, 7) is 9.25. The third-order valence-electron chi connectivity index (χ3n) is 5.26. The van der Waals surface area contributed by atoms with Crippen LogP contribution in [0.2, 0.25) is 0 Å². The number of benzene rings is 1. The fourth-order valence-corrected chi connectivity index (χ4v) is 3.68. The van der Waals surface area contributed by atoms with Gasteiger partial charge in [0.15, 0.2) is 0 Å². The second kappa shape index (κ2) is 11.9. The van der Waals surface area contributed by atoms with E-state index in [0.29, 0.717) is 16.5 Å². The Morgan fingerprint density at radius 3 is 2.59 bits per heavy atom. The highest BCUT2D eigenvalue weighted by Crippen LogP contribution is 2.21. The number of hydrogen-bond acceptors (Lipinski definition) is 5. The van der Waals surface area contributed by atoms with Crippen LogP contribution in [-0.2, 0) is 0 Å². The summed E-state index contributed by atoms with van der Waals surface area (Å²) in [5, 5.41) is 3.57. The van der Waals surface area contributed by atoms with Gasteiger partial charge in [-0.1, -0.05) is 24.3 Å². The lowest BCUT2D eigenvalue weighted by molar-refractivity contribution is 0.218. The summed E-state index contributed by atoms with van der Waals surface area (Å²) in [7, 11) is 3.81. The van der Waals surface area contributed by atoms with Crippen molar-refractivity contribution >= 4 is 24.1 Å². The van der Waals surface area contributed by atoms with Crippen molar-refractivity contribution in [1.29, 1.82) is 0 Å². The van der Waals surface area contributed by atoms with Gasteiger partial charge in [-0.05, 0) is 71.3 Å². The minimum Gasteiger partial charge on any atom is -0.388 e. The van der Waals surface area contributed by atoms with Crippen LogP contribution in [0.3, 0.4) is 0 Å². The Morgan fingerprint density at radius 2 is 1.97 bits per heavy atom. The third-order valence-corrected chi connectivity index (χ3v) is 5.82. The lowest BCUT2D eigenvalue weighted by atomic mass is 9.97. The van der Waals surface area contributed by atoms with E-state index in [1.54, 1.807) is 7.05 Å². The second-order valence-corrected chi connectivity index (χ2v) is 8.28. The van der Waals surface area contributed by atoms with Crippen LogP contribution in [0.25, 0.3) is 0 Å². The highest BCUT2D eigenvalue weighted by molar-refractivity contribution is 7.99. The Kier molecular flexibility index (Phi) is 9.61. The lowest BCUT2D eigenvalue weighted by Crippen LogP contribution is -2.34. The molecule has 1 fully saturated rings. The molecule has 6 heteroatoms. The molecule has 1 heterocycles. The van der Waals surface area contributed by atoms with Gasteiger partial charge in [0.05, 0.1) is 28.5 Å². The SMILES string of the molecule is CN=C/C(SF)=C(C)/N=C(\C=C(/C)NCC1CCN(C)CC1)c1ccccc1C. The second-order valence-electron chi connectivity index (χ2n) is 7.68. The van der Waals surface area contributed by atoms with E-state index >= 15 is 0 Å². The smallest absolute Gasteiger partial charge is 0.0847 e. The maximum Gasteiger partial charge on any atom is 0.0847 e. The Hall–Kier alpha value is -1.92. The van der Waals surface area contributed by atoms with E-state index in [4.69, 9.17) is 4.99 Å². The molecule has 0 amide bonds. The van der Waals surface area contributed by atoms with E-state index < -0.39 is 0 Å². The van der Waals surface area contributed by atoms with Gasteiger partial charge in [-0.15, -0.1) is 0 Å². The number of hydrogen-bond donors (Lipinski definition) is 1. The number of nitrogens with zero attached hydrogens (tertiary/aromatic N) is 3. The van der Waals surface area contributed by atoms with Crippen molar-refractivity contribution in [2.75, 3.05) is 33.7 Å². The van der Waals surface area contributed by atoms with Gasteiger partial charge in [0.2, 0.25) is 0 Å². The molecule has 4 nitrogen and oxygen atoms in total. The van der Waals surface area contributed by atoms with Gasteiger partial charge in [0.1, 0.15) is 0 Å². The zero-order valence-electron chi connectivity index (χ0n) is 18.2. The van der Waals surface area contributed by atoms with Crippen LogP contribution in [0.15, 0.2) is 56.6 Å². The quantitative estimate of drug-likeness (QED) is 0.594. The minimum atomic E-state index is 0.175. The molecule has 0 saturated carbocycles. The first-order chi connectivity index (χ1) is 13.9. The molecule has 1 aliphatic rings. The number of allylic oxidation sites excluding steroid dienone is 4. The average molecular weight is 417 g/mol. The number of halogens is 1. The summed E-state index contributed by atoms with van der Waals surface area (Å²) in [5.74, 6) is 0.699. The molecule has 0 bridgehead atoms. The first-order valence-corrected chi connectivity index (χ1v) is 10.8. The topological polar surface area (TPSA) is 40.0 Å². The van der Waals surface area contributed by atoms with Crippen LogP contribution in [0, 0.1) is 12.8 Å². The van der Waals surface area contributed by atoms with Crippen LogP contribution in [0.4, 0.5) is 3.89 Å². The van der Waals surface area contributed by atoms with E-state index in [2.05, 4.69) is 54.3 Å². The molecule has 0 unspecified atom stereocenters. The zero-order valence-corrected chi connectivity index (χ0v) is 19.0. The highest BCUT2D eigenvalue weighted by atomic mass is 32.2. The number of likely N-dealkylation sites (tertiary alicyclic amines) is 1. The fraction of sp³-hybridized carbons (Fsp3) is 0.478. The van der Waals surface area contributed by atoms with Gasteiger partial charge in [-0.25, -0.2) is 0 Å². The molecule has 1 aliphatic heterocycles. The van der Waals surface area contributed by atoms with Gasteiger partial charge in [-0.2, -0.15) is 3.89 Å². The van der Waals surface area contributed by atoms with Gasteiger partial charge in [0.25, 0.3) is 0 Å². The summed E-state index contributed by atoms with van der Waals surface area (Å²) in [6, 6.07) is 8.14. The van der Waals surface area contributed by atoms with Crippen LogP contribution in [-0.4, -0.2) is 50.6 Å². The first-order valence-electron chi connectivity index (χ1n) is 10.1. The van der Waals surface area contributed by atoms with E-state index in [1.807, 2.05) is 19.1 Å². The molecule has 1 aromatic rings. The number of nitrogens with one attached hydrogen (secondary N) is 1. The molecule has 1 aromatic carbocycles. The van der Waals surface area contributed by atoms with Crippen LogP contribution < -0.4 is 5.32 Å². The molecule has 0 aromatic heterocycles. The molecule has 1 N–H and O–H groups in total. The van der Waals surface area contributed by atoms with Gasteiger partial charge < -0.3 is 10.2 Å². The van der Waals surface area contributed by atoms with E-state index in [1.165, 1.54) is 19.1 Å². The van der Waals surface area contributed by atoms with Gasteiger partial charge in [-0.3, -0.25) is 9.98 Å². The molecule has 0 atom stereocenters. The molecule has 0 aliphatic carbocycles. The van der Waals surface area contributed by atoms with Crippen molar-refractivity contribution in [3.63, 3.8) is 0 Å². The highest BCUT2D eigenvalue weighted by Gasteiger charge is 2.16. The number of aryl methyl sites for hydroxylation is 1. The molecule has 158 valence electrons. The van der Waals surface area contributed by atoms with E-state index in [0.717, 1.165) is 42.2 Å². The Bertz CT molecular complexity index is 790. The normalized spacial score (nSPS) is 18.3. The lowest BCUT2D eigenvalue weighted by Gasteiger charge is -2.29. The van der Waals surface area contributed by atoms with Crippen molar-refractivity contribution in [2.45, 2.75) is 33.6 Å². The van der Waals surface area contributed by atoms with Crippen molar-refractivity contribution in [3.05, 3.63) is 57.8 Å². The Balaban J connectivity index is 2.26. The standard InChI is InChI=1S/C23H33FN4S/c1-17-8-6-7-9-21(17)22(27-19(3)23(29-24)16-25-4)14-18(2)26-15-20-10-12-28(5)13-11-20/h6-9,14,16,20,26H,10-13,15H2,1-5H3/b18-14+,23-19-,25-16?,27-22+. The molecule has 0 radical (unpaired) electrons. The molecule has 0 spiro atoms. The summed E-state index contributed by atoms with van der Waals surface area (Å²) in [4.78, 5) is 11.5. The largest absolute Gasteiger partial charge is 0.388 e. The van der Waals surface area contributed by atoms with Crippen LogP contribution >= 0.6 is 12.1 Å². The first kappa shape index (κ1) is 23.4. The maximum absolute atomic E-state index is 13.3. The zero-order chi connectivity index (χ0) is 21.2. The predicted octanol–water partition coefficient (Wildman–Crippen LogP) is 5.17. The fourth-order valence-electron chi connectivity index (χ4n) is 3.38. The average Bonchev–Trinajstić information content (AvgIpc) is 2.71. The summed E-state index contributed by atoms with van der Waals surface area (Å²) >= 11 is 0.175. The van der Waals surface area contributed by atoms with Crippen molar-refractivity contribution in [3.8, 4) is 0 Å². The molecular formula is C23H33FN4S. The monoisotopic (exact) mass is 416 g/mol. The molecule has 1 saturated heterocycles. The molecule has 2 rings (SSSR count). The van der Waals surface area contributed by atoms with Crippen LogP contribution in [0.5, 0.6) is 0 Å². The summed E-state index contributed by atoms with van der Waals surface area (Å²) < 4.78 is 13.3. The Labute approximate surface area is 179 Å². The van der Waals surface area contributed by atoms with Crippen molar-refractivity contribution in [1.82, 2.24) is 10.2 Å². The van der Waals surface area contributed by atoms with Gasteiger partial charge in [0, 0.05) is 31.1 Å². The van der Waals surface area contributed by atoms with Gasteiger partial charge >= 0.3 is 0 Å². The van der Waals surface area contributed by atoms with Crippen LogP contribution in [0.1, 0.15) is 37.8 Å². The predicted molar refractivity (Wildman–Crippen MR) is 126 cm³/mol. The third kappa shape index (κ3) is 7.44. The minimum absolute atomic E-state index is 0.175. The Morgan fingerprint density at radius 1 is 1.28 bits per heavy atom. The number of piperidine rings is 1. The van der Waals surface area contributed by atoms with Crippen molar-refractivity contribution < 1.29 is 3.89 Å². The van der Waals surface area contributed by atoms with E-state index in [-0.39, 0.29) is 12.1 Å². The van der Waals surface area contributed by atoms with E-state index in [9.17, 15) is 3.89 Å². The summed E-state index contributed by atoms with van der Waals surface area (Å²) in [6.07, 6.45) is 6.02. The molecular weight excluding hydrogens is 383 g/mol. The number of rotatable bonds is 8. The molecule has 29 heavy (non-hydrogen) atoms.